The Labute approximate surface area is 111 Å². The maximum absolute atomic E-state index is 11.4. The van der Waals surface area contributed by atoms with Crippen LogP contribution in [0.3, 0.4) is 0 Å². The first-order chi connectivity index (χ1) is 8.70. The fourth-order valence-corrected chi connectivity index (χ4v) is 3.34. The first-order valence-electron chi connectivity index (χ1n) is 6.20. The fourth-order valence-electron chi connectivity index (χ4n) is 2.11. The number of carbonyl (C=O) groups is 1. The Hall–Kier alpha value is -0.940. The second kappa shape index (κ2) is 6.29. The van der Waals surface area contributed by atoms with Crippen LogP contribution in [0, 0.1) is 6.92 Å². The number of thioether (sulfide) groups is 1. The highest BCUT2D eigenvalue weighted by Crippen LogP contribution is 2.25. The standard InChI is InChI=1S/C13H19NO3S/c1-9-12(13(15)16-2)6-10(17-9)7-14-8-11-4-3-5-18-11/h6,11,14H,3-5,7-8H2,1-2H3. The lowest BCUT2D eigenvalue weighted by molar-refractivity contribution is 0.0599. The molecule has 1 aliphatic heterocycles. The number of hydrogen-bond donors (Lipinski definition) is 1. The van der Waals surface area contributed by atoms with Crippen LogP contribution in [0.1, 0.15) is 34.7 Å². The maximum Gasteiger partial charge on any atom is 0.341 e. The summed E-state index contributed by atoms with van der Waals surface area (Å²) >= 11 is 2.03. The van der Waals surface area contributed by atoms with E-state index in [0.29, 0.717) is 17.9 Å². The monoisotopic (exact) mass is 269 g/mol. The summed E-state index contributed by atoms with van der Waals surface area (Å²) in [5.41, 5.74) is 0.518. The number of ether oxygens (including phenoxy) is 1. The number of nitrogens with one attached hydrogen (secondary N) is 1. The molecule has 2 rings (SSSR count). The van der Waals surface area contributed by atoms with Crippen LogP contribution in [0.2, 0.25) is 0 Å². The van der Waals surface area contributed by atoms with Gasteiger partial charge in [0.05, 0.1) is 13.7 Å². The van der Waals surface area contributed by atoms with Crippen molar-refractivity contribution in [1.29, 1.82) is 0 Å². The molecule has 1 aromatic heterocycles. The lowest BCUT2D eigenvalue weighted by Gasteiger charge is -2.08. The van der Waals surface area contributed by atoms with Gasteiger partial charge in [-0.1, -0.05) is 0 Å². The van der Waals surface area contributed by atoms with Crippen LogP contribution >= 0.6 is 11.8 Å². The van der Waals surface area contributed by atoms with Crippen molar-refractivity contribution in [3.63, 3.8) is 0 Å². The molecule has 0 bridgehead atoms. The van der Waals surface area contributed by atoms with Gasteiger partial charge in [-0.25, -0.2) is 4.79 Å². The lowest BCUT2D eigenvalue weighted by Crippen LogP contribution is -2.22. The second-order valence-electron chi connectivity index (χ2n) is 4.44. The summed E-state index contributed by atoms with van der Waals surface area (Å²) in [5.74, 6) is 2.34. The van der Waals surface area contributed by atoms with Gasteiger partial charge in [0.1, 0.15) is 17.1 Å². The Morgan fingerprint density at radius 2 is 2.50 bits per heavy atom. The van der Waals surface area contributed by atoms with E-state index in [1.54, 1.807) is 13.0 Å². The molecule has 2 heterocycles. The molecule has 0 radical (unpaired) electrons. The smallest absolute Gasteiger partial charge is 0.341 e. The van der Waals surface area contributed by atoms with Crippen LogP contribution in [0.5, 0.6) is 0 Å². The van der Waals surface area contributed by atoms with Gasteiger partial charge in [-0.05, 0) is 31.6 Å². The van der Waals surface area contributed by atoms with Crippen molar-refractivity contribution in [2.75, 3.05) is 19.4 Å². The molecule has 1 N–H and O–H groups in total. The van der Waals surface area contributed by atoms with E-state index in [2.05, 4.69) is 5.32 Å². The Morgan fingerprint density at radius 1 is 1.67 bits per heavy atom. The molecule has 18 heavy (non-hydrogen) atoms. The Balaban J connectivity index is 1.83. The van der Waals surface area contributed by atoms with Crippen molar-refractivity contribution in [2.45, 2.75) is 31.6 Å². The molecule has 0 saturated carbocycles. The van der Waals surface area contributed by atoms with E-state index in [-0.39, 0.29) is 5.97 Å². The zero-order chi connectivity index (χ0) is 13.0. The summed E-state index contributed by atoms with van der Waals surface area (Å²) in [6, 6.07) is 1.76. The Kier molecular flexibility index (Phi) is 4.72. The predicted molar refractivity (Wildman–Crippen MR) is 72.0 cm³/mol. The van der Waals surface area contributed by atoms with E-state index in [1.165, 1.54) is 25.7 Å². The van der Waals surface area contributed by atoms with E-state index in [1.807, 2.05) is 11.8 Å². The number of esters is 1. The van der Waals surface area contributed by atoms with Crippen molar-refractivity contribution in [3.8, 4) is 0 Å². The SMILES string of the molecule is COC(=O)c1cc(CNCC2CCCS2)oc1C. The molecule has 1 aliphatic rings. The van der Waals surface area contributed by atoms with E-state index >= 15 is 0 Å². The highest BCUT2D eigenvalue weighted by Gasteiger charge is 2.17. The van der Waals surface area contributed by atoms with Gasteiger partial charge in [-0.3, -0.25) is 0 Å². The van der Waals surface area contributed by atoms with Crippen molar-refractivity contribution in [1.82, 2.24) is 5.32 Å². The van der Waals surface area contributed by atoms with Gasteiger partial charge in [0.2, 0.25) is 0 Å². The average molecular weight is 269 g/mol. The average Bonchev–Trinajstić information content (AvgIpc) is 2.98. The molecule has 0 amide bonds. The van der Waals surface area contributed by atoms with Crippen LogP contribution in [0.4, 0.5) is 0 Å². The molecule has 0 aliphatic carbocycles. The number of carbonyl (C=O) groups excluding carboxylic acids is 1. The summed E-state index contributed by atoms with van der Waals surface area (Å²) in [5, 5.41) is 4.10. The fraction of sp³-hybridized carbons (Fsp3) is 0.615. The Bertz CT molecular complexity index is 410. The zero-order valence-corrected chi connectivity index (χ0v) is 11.6. The van der Waals surface area contributed by atoms with Crippen molar-refractivity contribution in [3.05, 3.63) is 23.2 Å². The van der Waals surface area contributed by atoms with E-state index in [0.717, 1.165) is 17.6 Å². The van der Waals surface area contributed by atoms with E-state index in [9.17, 15) is 4.79 Å². The number of hydrogen-bond acceptors (Lipinski definition) is 5. The van der Waals surface area contributed by atoms with Crippen LogP contribution in [-0.4, -0.2) is 30.6 Å². The molecule has 100 valence electrons. The third-order valence-electron chi connectivity index (χ3n) is 3.07. The number of furan rings is 1. The minimum absolute atomic E-state index is 0.339. The molecular formula is C13H19NO3S. The zero-order valence-electron chi connectivity index (χ0n) is 10.8. The van der Waals surface area contributed by atoms with Crippen LogP contribution in [-0.2, 0) is 11.3 Å². The molecule has 1 atom stereocenters. The van der Waals surface area contributed by atoms with Crippen molar-refractivity contribution in [2.24, 2.45) is 0 Å². The van der Waals surface area contributed by atoms with Crippen molar-refractivity contribution >= 4 is 17.7 Å². The summed E-state index contributed by atoms with van der Waals surface area (Å²) in [6.07, 6.45) is 2.62. The molecule has 1 fully saturated rings. The van der Waals surface area contributed by atoms with Gasteiger partial charge in [0.15, 0.2) is 0 Å². The summed E-state index contributed by atoms with van der Waals surface area (Å²) in [6.45, 7) is 3.44. The van der Waals surface area contributed by atoms with Gasteiger partial charge in [-0.15, -0.1) is 0 Å². The predicted octanol–water partition coefficient (Wildman–Crippen LogP) is 2.36. The molecule has 0 aromatic carbocycles. The maximum atomic E-state index is 11.4. The molecule has 4 nitrogen and oxygen atoms in total. The third-order valence-corrected chi connectivity index (χ3v) is 4.47. The third kappa shape index (κ3) is 3.29. The highest BCUT2D eigenvalue weighted by molar-refractivity contribution is 8.00. The minimum atomic E-state index is -0.339. The number of methoxy groups -OCH3 is 1. The van der Waals surface area contributed by atoms with E-state index in [4.69, 9.17) is 9.15 Å². The van der Waals surface area contributed by atoms with Gasteiger partial charge in [-0.2, -0.15) is 11.8 Å². The second-order valence-corrected chi connectivity index (χ2v) is 5.85. The molecule has 1 aromatic rings. The van der Waals surface area contributed by atoms with E-state index < -0.39 is 0 Å². The normalized spacial score (nSPS) is 19.1. The van der Waals surface area contributed by atoms with Gasteiger partial charge < -0.3 is 14.5 Å². The van der Waals surface area contributed by atoms with Crippen LogP contribution in [0.25, 0.3) is 0 Å². The molecule has 1 saturated heterocycles. The highest BCUT2D eigenvalue weighted by atomic mass is 32.2. The first-order valence-corrected chi connectivity index (χ1v) is 7.25. The minimum Gasteiger partial charge on any atom is -0.465 e. The number of aryl methyl sites for hydroxylation is 1. The molecule has 1 unspecified atom stereocenters. The number of rotatable bonds is 5. The topological polar surface area (TPSA) is 51.5 Å². The van der Waals surface area contributed by atoms with Crippen molar-refractivity contribution < 1.29 is 13.9 Å². The van der Waals surface area contributed by atoms with Crippen LogP contribution < -0.4 is 5.32 Å². The summed E-state index contributed by atoms with van der Waals surface area (Å²) in [7, 11) is 1.38. The van der Waals surface area contributed by atoms with Gasteiger partial charge in [0, 0.05) is 11.8 Å². The Morgan fingerprint density at radius 3 is 3.17 bits per heavy atom. The molecular weight excluding hydrogens is 250 g/mol. The largest absolute Gasteiger partial charge is 0.465 e. The van der Waals surface area contributed by atoms with Crippen LogP contribution in [0.15, 0.2) is 10.5 Å². The lowest BCUT2D eigenvalue weighted by atomic mass is 10.2. The van der Waals surface area contributed by atoms with Gasteiger partial charge in [0.25, 0.3) is 0 Å². The summed E-state index contributed by atoms with van der Waals surface area (Å²) < 4.78 is 10.2. The first kappa shape index (κ1) is 13.5. The summed E-state index contributed by atoms with van der Waals surface area (Å²) in [4.78, 5) is 11.4. The molecule has 0 spiro atoms. The molecule has 5 heteroatoms. The van der Waals surface area contributed by atoms with Gasteiger partial charge >= 0.3 is 5.97 Å². The quantitative estimate of drug-likeness (QED) is 0.832.